The van der Waals surface area contributed by atoms with Gasteiger partial charge in [-0.15, -0.1) is 0 Å². The van der Waals surface area contributed by atoms with E-state index < -0.39 is 0 Å². The van der Waals surface area contributed by atoms with Crippen molar-refractivity contribution in [1.82, 2.24) is 15.2 Å². The van der Waals surface area contributed by atoms with Gasteiger partial charge < -0.3 is 19.9 Å². The highest BCUT2D eigenvalue weighted by Crippen LogP contribution is 2.45. The van der Waals surface area contributed by atoms with Crippen LogP contribution in [0.1, 0.15) is 36.8 Å². The molecule has 1 aliphatic heterocycles. The number of nitrogens with zero attached hydrogens (tertiary/aromatic N) is 4. The molecule has 0 spiro atoms. The summed E-state index contributed by atoms with van der Waals surface area (Å²) < 4.78 is 5.48. The zero-order valence-corrected chi connectivity index (χ0v) is 21.1. The lowest BCUT2D eigenvalue weighted by Crippen LogP contribution is -2.58. The zero-order valence-electron chi connectivity index (χ0n) is 21.1. The summed E-state index contributed by atoms with van der Waals surface area (Å²) >= 11 is 0. The van der Waals surface area contributed by atoms with Crippen LogP contribution in [0, 0.1) is 6.92 Å². The van der Waals surface area contributed by atoms with Crippen LogP contribution < -0.4 is 15.1 Å². The van der Waals surface area contributed by atoms with Crippen LogP contribution in [0.5, 0.6) is 0 Å². The number of carbonyl (C=O) groups is 1. The molecular formula is C27H39N5O2. The van der Waals surface area contributed by atoms with E-state index in [9.17, 15) is 4.79 Å². The van der Waals surface area contributed by atoms with Crippen LogP contribution in [0.4, 0.5) is 11.5 Å². The third-order valence-corrected chi connectivity index (χ3v) is 7.89. The van der Waals surface area contributed by atoms with Crippen LogP contribution in [0.25, 0.3) is 0 Å². The lowest BCUT2D eigenvalue weighted by molar-refractivity contribution is -0.112. The number of aryl methyl sites for hydroxylation is 1. The number of carbonyl (C=O) groups excluding carboxylic acids is 1. The molecule has 1 saturated heterocycles. The molecule has 2 fully saturated rings. The first kappa shape index (κ1) is 24.5. The Morgan fingerprint density at radius 3 is 2.35 bits per heavy atom. The molecule has 1 aromatic heterocycles. The molecule has 0 bridgehead atoms. The number of likely N-dealkylation sites (N-methyl/N-ethyl adjacent to an activating group) is 1. The molecule has 1 N–H and O–H groups in total. The van der Waals surface area contributed by atoms with Gasteiger partial charge in [-0.3, -0.25) is 9.69 Å². The number of rotatable bonds is 8. The van der Waals surface area contributed by atoms with E-state index in [1.165, 1.54) is 11.1 Å². The first-order valence-corrected chi connectivity index (χ1v) is 12.3. The van der Waals surface area contributed by atoms with Gasteiger partial charge in [-0.25, -0.2) is 4.98 Å². The van der Waals surface area contributed by atoms with Crippen molar-refractivity contribution in [2.75, 3.05) is 63.8 Å². The number of anilines is 2. The van der Waals surface area contributed by atoms with Gasteiger partial charge >= 0.3 is 0 Å². The number of ether oxygens (including phenoxy) is 1. The Balaban J connectivity index is 1.50. The lowest BCUT2D eigenvalue weighted by atomic mass is 9.68. The van der Waals surface area contributed by atoms with Gasteiger partial charge in [0.05, 0.1) is 30.6 Å². The molecule has 0 radical (unpaired) electrons. The number of morpholine rings is 1. The van der Waals surface area contributed by atoms with Gasteiger partial charge in [0.15, 0.2) is 0 Å². The number of benzene rings is 1. The molecule has 0 atom stereocenters. The van der Waals surface area contributed by atoms with Gasteiger partial charge in [0, 0.05) is 32.2 Å². The number of nitrogens with one attached hydrogen (secondary N) is 1. The Hall–Kier alpha value is -2.64. The van der Waals surface area contributed by atoms with Crippen molar-refractivity contribution in [3.05, 3.63) is 53.7 Å². The predicted molar refractivity (Wildman–Crippen MR) is 137 cm³/mol. The molecule has 7 nitrogen and oxygen atoms in total. The highest BCUT2D eigenvalue weighted by Gasteiger charge is 2.45. The Morgan fingerprint density at radius 2 is 1.76 bits per heavy atom. The van der Waals surface area contributed by atoms with Gasteiger partial charge in [0.1, 0.15) is 5.82 Å². The molecule has 34 heavy (non-hydrogen) atoms. The van der Waals surface area contributed by atoms with Crippen LogP contribution in [-0.2, 0) is 15.1 Å². The van der Waals surface area contributed by atoms with Crippen LogP contribution in [-0.4, -0.2) is 75.8 Å². The van der Waals surface area contributed by atoms with E-state index in [1.807, 2.05) is 6.20 Å². The Morgan fingerprint density at radius 1 is 1.09 bits per heavy atom. The molecule has 2 aliphatic rings. The second kappa shape index (κ2) is 10.3. The number of hydrogen-bond donors (Lipinski definition) is 1. The molecule has 1 saturated carbocycles. The van der Waals surface area contributed by atoms with Gasteiger partial charge in [-0.05, 0) is 63.9 Å². The van der Waals surface area contributed by atoms with Gasteiger partial charge in [-0.2, -0.15) is 0 Å². The van der Waals surface area contributed by atoms with Gasteiger partial charge in [0.25, 0.3) is 0 Å². The summed E-state index contributed by atoms with van der Waals surface area (Å²) in [5.74, 6) is 1.04. The van der Waals surface area contributed by atoms with E-state index in [0.29, 0.717) is 0 Å². The van der Waals surface area contributed by atoms with E-state index >= 15 is 0 Å². The van der Waals surface area contributed by atoms with Crippen LogP contribution in [0.3, 0.4) is 0 Å². The zero-order chi connectivity index (χ0) is 24.2. The SMILES string of the molecule is Cc1cc(N(C)C[C@]2(NC=O)CC[C@@](c3ccccc3)(N(C)C)CC2)cnc1N1CCOCC1. The van der Waals surface area contributed by atoms with Crippen molar-refractivity contribution >= 4 is 17.9 Å². The third-order valence-electron chi connectivity index (χ3n) is 7.89. The van der Waals surface area contributed by atoms with E-state index in [0.717, 1.165) is 76.4 Å². The fourth-order valence-corrected chi connectivity index (χ4v) is 5.77. The third kappa shape index (κ3) is 4.91. The molecule has 2 heterocycles. The number of amides is 1. The fraction of sp³-hybridized carbons (Fsp3) is 0.556. The summed E-state index contributed by atoms with van der Waals surface area (Å²) in [5, 5.41) is 3.22. The molecule has 1 amide bonds. The minimum Gasteiger partial charge on any atom is -0.378 e. The van der Waals surface area contributed by atoms with E-state index in [4.69, 9.17) is 9.72 Å². The van der Waals surface area contributed by atoms with Crippen LogP contribution in [0.2, 0.25) is 0 Å². The van der Waals surface area contributed by atoms with Crippen molar-refractivity contribution in [3.63, 3.8) is 0 Å². The monoisotopic (exact) mass is 465 g/mol. The van der Waals surface area contributed by atoms with Crippen molar-refractivity contribution in [2.24, 2.45) is 0 Å². The normalized spacial score (nSPS) is 25.3. The maximum Gasteiger partial charge on any atom is 0.207 e. The second-order valence-corrected chi connectivity index (χ2v) is 10.1. The quantitative estimate of drug-likeness (QED) is 0.605. The number of pyridine rings is 1. The molecular weight excluding hydrogens is 426 g/mol. The van der Waals surface area contributed by atoms with Crippen LogP contribution in [0.15, 0.2) is 42.6 Å². The molecule has 184 valence electrons. The second-order valence-electron chi connectivity index (χ2n) is 10.1. The number of hydrogen-bond acceptors (Lipinski definition) is 6. The van der Waals surface area contributed by atoms with Gasteiger partial charge in [0.2, 0.25) is 6.41 Å². The summed E-state index contributed by atoms with van der Waals surface area (Å²) in [5.41, 5.74) is 3.33. The first-order chi connectivity index (χ1) is 16.4. The smallest absolute Gasteiger partial charge is 0.207 e. The Labute approximate surface area is 204 Å². The Kier molecular flexibility index (Phi) is 7.43. The minimum atomic E-state index is -0.262. The predicted octanol–water partition coefficient (Wildman–Crippen LogP) is 3.18. The van der Waals surface area contributed by atoms with Crippen molar-refractivity contribution in [3.8, 4) is 0 Å². The highest BCUT2D eigenvalue weighted by molar-refractivity contribution is 5.56. The number of aromatic nitrogens is 1. The standard InChI is InChI=1S/C27H39N5O2/c1-22-18-24(19-28-25(22)32-14-16-34-17-15-32)31(4)20-26(29-21-33)10-12-27(13-11-26,30(2)3)23-8-6-5-7-9-23/h5-9,18-19,21H,10-17,20H2,1-4H3,(H,29,33)/t26-,27+. The molecule has 0 unspecified atom stereocenters. The summed E-state index contributed by atoms with van der Waals surface area (Å²) in [6.07, 6.45) is 6.66. The van der Waals surface area contributed by atoms with Gasteiger partial charge in [-0.1, -0.05) is 30.3 Å². The topological polar surface area (TPSA) is 60.9 Å². The Bertz CT molecular complexity index is 951. The van der Waals surface area contributed by atoms with E-state index in [-0.39, 0.29) is 11.1 Å². The lowest BCUT2D eigenvalue weighted by Gasteiger charge is -2.51. The summed E-state index contributed by atoms with van der Waals surface area (Å²) in [6, 6.07) is 13.0. The minimum absolute atomic E-state index is 0.00809. The summed E-state index contributed by atoms with van der Waals surface area (Å²) in [7, 11) is 6.44. The summed E-state index contributed by atoms with van der Waals surface area (Å²) in [6.45, 7) is 6.14. The molecule has 1 aliphatic carbocycles. The largest absolute Gasteiger partial charge is 0.378 e. The van der Waals surface area contributed by atoms with Crippen molar-refractivity contribution < 1.29 is 9.53 Å². The highest BCUT2D eigenvalue weighted by atomic mass is 16.5. The first-order valence-electron chi connectivity index (χ1n) is 12.3. The molecule has 1 aromatic carbocycles. The fourth-order valence-electron chi connectivity index (χ4n) is 5.77. The molecule has 7 heteroatoms. The molecule has 2 aromatic rings. The van der Waals surface area contributed by atoms with Crippen LogP contribution >= 0.6 is 0 Å². The average molecular weight is 466 g/mol. The maximum absolute atomic E-state index is 11.7. The van der Waals surface area contributed by atoms with Crippen molar-refractivity contribution in [2.45, 2.75) is 43.7 Å². The average Bonchev–Trinajstić information content (AvgIpc) is 2.85. The maximum atomic E-state index is 11.7. The molecule has 4 rings (SSSR count). The van der Waals surface area contributed by atoms with Crippen molar-refractivity contribution in [1.29, 1.82) is 0 Å². The van der Waals surface area contributed by atoms with E-state index in [1.54, 1.807) is 0 Å². The summed E-state index contributed by atoms with van der Waals surface area (Å²) in [4.78, 5) is 23.4. The van der Waals surface area contributed by atoms with E-state index in [2.05, 4.69) is 84.5 Å².